The van der Waals surface area contributed by atoms with Crippen molar-refractivity contribution in [2.45, 2.75) is 26.3 Å². The Morgan fingerprint density at radius 1 is 1.03 bits per heavy atom. The number of anilines is 1. The van der Waals surface area contributed by atoms with Crippen molar-refractivity contribution in [3.63, 3.8) is 0 Å². The minimum absolute atomic E-state index is 0.0783. The fourth-order valence-corrected chi connectivity index (χ4v) is 4.21. The lowest BCUT2D eigenvalue weighted by Crippen LogP contribution is -2.29. The molecule has 0 spiro atoms. The third-order valence-electron chi connectivity index (χ3n) is 5.89. The molecule has 1 unspecified atom stereocenters. The van der Waals surface area contributed by atoms with Crippen LogP contribution in [0.1, 0.15) is 36.1 Å². The minimum Gasteiger partial charge on any atom is -0.507 e. The molecule has 0 bridgehead atoms. The Hall–Kier alpha value is -4.13. The number of carbonyl (C=O) groups is 2. The Balaban J connectivity index is 1.91. The van der Waals surface area contributed by atoms with Crippen molar-refractivity contribution in [2.24, 2.45) is 0 Å². The van der Waals surface area contributed by atoms with Gasteiger partial charge in [0.15, 0.2) is 0 Å². The molecular weight excluding hydrogens is 449 g/mol. The number of methoxy groups -OCH3 is 1. The highest BCUT2D eigenvalue weighted by Crippen LogP contribution is 2.45. The van der Waals surface area contributed by atoms with Gasteiger partial charge in [0.1, 0.15) is 23.1 Å². The minimum atomic E-state index is -0.979. The number of ketones is 1. The molecule has 7 heteroatoms. The average Bonchev–Trinajstić information content (AvgIpc) is 3.13. The van der Waals surface area contributed by atoms with Crippen molar-refractivity contribution in [3.8, 4) is 11.5 Å². The molecule has 0 aromatic heterocycles. The van der Waals surface area contributed by atoms with Gasteiger partial charge in [-0.3, -0.25) is 14.5 Å². The number of ether oxygens (including phenoxy) is 2. The number of amides is 1. The second-order valence-corrected chi connectivity index (χ2v) is 8.22. The van der Waals surface area contributed by atoms with Crippen molar-refractivity contribution in [3.05, 3.63) is 94.8 Å². The molecule has 0 radical (unpaired) electrons. The molecule has 1 N–H and O–H groups in total. The van der Waals surface area contributed by atoms with Crippen molar-refractivity contribution >= 4 is 23.1 Å². The van der Waals surface area contributed by atoms with E-state index < -0.39 is 23.5 Å². The second kappa shape index (κ2) is 10.0. The maximum absolute atomic E-state index is 13.6. The van der Waals surface area contributed by atoms with Crippen LogP contribution in [-0.2, 0) is 9.59 Å². The molecule has 1 heterocycles. The summed E-state index contributed by atoms with van der Waals surface area (Å²) in [6.07, 6.45) is 0.854. The van der Waals surface area contributed by atoms with Gasteiger partial charge >= 0.3 is 0 Å². The Kier molecular flexibility index (Phi) is 6.87. The van der Waals surface area contributed by atoms with Crippen LogP contribution in [0.5, 0.6) is 11.5 Å². The van der Waals surface area contributed by atoms with E-state index in [-0.39, 0.29) is 11.3 Å². The number of nitrogens with zero attached hydrogens (tertiary/aromatic N) is 1. The Morgan fingerprint density at radius 2 is 1.74 bits per heavy atom. The predicted molar refractivity (Wildman–Crippen MR) is 131 cm³/mol. The summed E-state index contributed by atoms with van der Waals surface area (Å²) in [4.78, 5) is 27.8. The molecule has 180 valence electrons. The maximum Gasteiger partial charge on any atom is 0.300 e. The summed E-state index contributed by atoms with van der Waals surface area (Å²) in [5.74, 6) is -1.33. The highest BCUT2D eigenvalue weighted by Gasteiger charge is 2.47. The number of aliphatic hydroxyl groups is 1. The summed E-state index contributed by atoms with van der Waals surface area (Å²) >= 11 is 0. The van der Waals surface area contributed by atoms with Crippen LogP contribution in [0.25, 0.3) is 5.76 Å². The Morgan fingerprint density at radius 3 is 2.40 bits per heavy atom. The van der Waals surface area contributed by atoms with E-state index in [4.69, 9.17) is 9.47 Å². The molecule has 35 heavy (non-hydrogen) atoms. The largest absolute Gasteiger partial charge is 0.507 e. The van der Waals surface area contributed by atoms with E-state index >= 15 is 0 Å². The van der Waals surface area contributed by atoms with Crippen molar-refractivity contribution < 1.29 is 28.6 Å². The van der Waals surface area contributed by atoms with Crippen molar-refractivity contribution in [2.75, 3.05) is 18.6 Å². The first kappa shape index (κ1) is 24.0. The van der Waals surface area contributed by atoms with Gasteiger partial charge in [0, 0.05) is 16.8 Å². The maximum atomic E-state index is 13.6. The first-order valence-electron chi connectivity index (χ1n) is 11.3. The first-order valence-corrected chi connectivity index (χ1v) is 11.3. The molecule has 0 saturated carbocycles. The van der Waals surface area contributed by atoms with Gasteiger partial charge in [-0.25, -0.2) is 4.39 Å². The zero-order valence-corrected chi connectivity index (χ0v) is 19.7. The fourth-order valence-electron chi connectivity index (χ4n) is 4.21. The average molecular weight is 476 g/mol. The lowest BCUT2D eigenvalue weighted by Gasteiger charge is -2.26. The van der Waals surface area contributed by atoms with Crippen LogP contribution >= 0.6 is 0 Å². The molecule has 0 aliphatic carbocycles. The van der Waals surface area contributed by atoms with Crippen molar-refractivity contribution in [1.29, 1.82) is 0 Å². The van der Waals surface area contributed by atoms with Gasteiger partial charge in [0.05, 0.1) is 25.3 Å². The van der Waals surface area contributed by atoms with E-state index in [1.807, 2.05) is 13.8 Å². The van der Waals surface area contributed by atoms with Gasteiger partial charge in [0.2, 0.25) is 0 Å². The van der Waals surface area contributed by atoms with E-state index in [1.54, 1.807) is 42.5 Å². The van der Waals surface area contributed by atoms with Crippen LogP contribution in [0.4, 0.5) is 10.1 Å². The number of Topliss-reactive ketones (excluding diaryl/α,β-unsaturated/α-hetero) is 1. The molecule has 1 fully saturated rings. The number of para-hydroxylation sites is 1. The Bertz CT molecular complexity index is 1300. The molecule has 1 saturated heterocycles. The second-order valence-electron chi connectivity index (χ2n) is 8.22. The fraction of sp³-hybridized carbons (Fsp3) is 0.214. The first-order chi connectivity index (χ1) is 16.9. The van der Waals surface area contributed by atoms with Crippen LogP contribution in [0.15, 0.2) is 72.3 Å². The number of halogens is 1. The van der Waals surface area contributed by atoms with E-state index in [0.717, 1.165) is 12.0 Å². The standard InChI is InChI=1S/C28H26FNO5/c1-4-15-35-22-14-9-18(16-17(22)2)26(31)24-25(21-7-5-6-8-23(21)34-3)30(28(33)27(24)32)20-12-10-19(29)11-13-20/h5-14,16,25,31H,4,15H2,1-3H3/b26-24+. The molecule has 1 aliphatic rings. The monoisotopic (exact) mass is 475 g/mol. The lowest BCUT2D eigenvalue weighted by atomic mass is 9.94. The molecular formula is C28H26FNO5. The number of aliphatic hydroxyl groups excluding tert-OH is 1. The summed E-state index contributed by atoms with van der Waals surface area (Å²) in [5.41, 5.74) is 1.92. The van der Waals surface area contributed by atoms with Gasteiger partial charge in [-0.15, -0.1) is 0 Å². The van der Waals surface area contributed by atoms with Crippen molar-refractivity contribution in [1.82, 2.24) is 0 Å². The molecule has 3 aromatic carbocycles. The molecule has 1 atom stereocenters. The quantitative estimate of drug-likeness (QED) is 0.275. The number of hydrogen-bond acceptors (Lipinski definition) is 5. The zero-order chi connectivity index (χ0) is 25.1. The van der Waals surface area contributed by atoms with Gasteiger partial charge < -0.3 is 14.6 Å². The highest BCUT2D eigenvalue weighted by molar-refractivity contribution is 6.51. The summed E-state index contributed by atoms with van der Waals surface area (Å²) in [5, 5.41) is 11.3. The third-order valence-corrected chi connectivity index (χ3v) is 5.89. The lowest BCUT2D eigenvalue weighted by molar-refractivity contribution is -0.132. The SMILES string of the molecule is CCCOc1ccc(/C(O)=C2\C(=O)C(=O)N(c3ccc(F)cc3)C2c2ccccc2OC)cc1C. The number of carbonyl (C=O) groups excluding carboxylic acids is 2. The summed E-state index contributed by atoms with van der Waals surface area (Å²) < 4.78 is 24.8. The molecule has 1 amide bonds. The van der Waals surface area contributed by atoms with E-state index in [9.17, 15) is 19.1 Å². The number of rotatable bonds is 7. The number of benzene rings is 3. The van der Waals surface area contributed by atoms with E-state index in [0.29, 0.717) is 34.9 Å². The smallest absolute Gasteiger partial charge is 0.300 e. The van der Waals surface area contributed by atoms with Crippen LogP contribution in [0.3, 0.4) is 0 Å². The van der Waals surface area contributed by atoms with Crippen LogP contribution in [0.2, 0.25) is 0 Å². The third kappa shape index (κ3) is 4.49. The number of aryl methyl sites for hydroxylation is 1. The topological polar surface area (TPSA) is 76.1 Å². The van der Waals surface area contributed by atoms with Crippen LogP contribution < -0.4 is 14.4 Å². The summed E-state index contributed by atoms with van der Waals surface area (Å²) in [6, 6.07) is 16.4. The summed E-state index contributed by atoms with van der Waals surface area (Å²) in [7, 11) is 1.49. The van der Waals surface area contributed by atoms with Gasteiger partial charge in [-0.2, -0.15) is 0 Å². The Labute approximate surface area is 203 Å². The van der Waals surface area contributed by atoms with E-state index in [1.165, 1.54) is 36.3 Å². The predicted octanol–water partition coefficient (Wildman–Crippen LogP) is 5.56. The normalized spacial score (nSPS) is 17.0. The summed E-state index contributed by atoms with van der Waals surface area (Å²) in [6.45, 7) is 4.41. The highest BCUT2D eigenvalue weighted by atomic mass is 19.1. The number of hydrogen-bond donors (Lipinski definition) is 1. The molecule has 4 rings (SSSR count). The molecule has 3 aromatic rings. The van der Waals surface area contributed by atoms with Crippen LogP contribution in [0, 0.1) is 12.7 Å². The van der Waals surface area contributed by atoms with Gasteiger partial charge in [-0.05, 0) is 67.4 Å². The van der Waals surface area contributed by atoms with Crippen LogP contribution in [-0.4, -0.2) is 30.5 Å². The molecule has 6 nitrogen and oxygen atoms in total. The molecule has 1 aliphatic heterocycles. The van der Waals surface area contributed by atoms with E-state index in [2.05, 4.69) is 0 Å². The zero-order valence-electron chi connectivity index (χ0n) is 19.7. The van der Waals surface area contributed by atoms with Gasteiger partial charge in [0.25, 0.3) is 11.7 Å². The van der Waals surface area contributed by atoms with Gasteiger partial charge in [-0.1, -0.05) is 25.1 Å².